The Hall–Kier alpha value is -1.88. The first-order chi connectivity index (χ1) is 8.02. The standard InChI is InChI=1S/C12H15NO4/c1-8(6-11(15)16)13-12(17)10-4-2-9(7-14)3-5-10/h2-5,8,14H,6-7H2,1H3,(H,13,17)(H,15,16). The zero-order valence-corrected chi connectivity index (χ0v) is 9.51. The summed E-state index contributed by atoms with van der Waals surface area (Å²) in [6.07, 6.45) is -0.111. The predicted molar refractivity (Wildman–Crippen MR) is 61.5 cm³/mol. The van der Waals surface area contributed by atoms with E-state index in [9.17, 15) is 9.59 Å². The molecule has 0 spiro atoms. The molecule has 0 aromatic heterocycles. The maximum atomic E-state index is 11.7. The number of aliphatic hydroxyl groups is 1. The summed E-state index contributed by atoms with van der Waals surface area (Å²) in [4.78, 5) is 22.1. The number of nitrogens with one attached hydrogen (secondary N) is 1. The number of aliphatic hydroxyl groups excluding tert-OH is 1. The molecule has 0 fully saturated rings. The Morgan fingerprint density at radius 1 is 1.29 bits per heavy atom. The molecule has 17 heavy (non-hydrogen) atoms. The highest BCUT2D eigenvalue weighted by molar-refractivity contribution is 5.94. The lowest BCUT2D eigenvalue weighted by Gasteiger charge is -2.11. The summed E-state index contributed by atoms with van der Waals surface area (Å²) in [5.41, 5.74) is 1.17. The number of carboxylic acids is 1. The summed E-state index contributed by atoms with van der Waals surface area (Å²) in [7, 11) is 0. The van der Waals surface area contributed by atoms with Crippen LogP contribution in [0.25, 0.3) is 0 Å². The Morgan fingerprint density at radius 2 is 1.88 bits per heavy atom. The van der Waals surface area contributed by atoms with Crippen molar-refractivity contribution >= 4 is 11.9 Å². The van der Waals surface area contributed by atoms with Gasteiger partial charge in [0.1, 0.15) is 0 Å². The van der Waals surface area contributed by atoms with Crippen molar-refractivity contribution in [3.8, 4) is 0 Å². The summed E-state index contributed by atoms with van der Waals surface area (Å²) in [5, 5.41) is 20.0. The largest absolute Gasteiger partial charge is 0.481 e. The van der Waals surface area contributed by atoms with Crippen molar-refractivity contribution in [1.29, 1.82) is 0 Å². The molecule has 0 aliphatic carbocycles. The van der Waals surface area contributed by atoms with Gasteiger partial charge in [-0.05, 0) is 24.6 Å². The van der Waals surface area contributed by atoms with Gasteiger partial charge in [-0.1, -0.05) is 12.1 Å². The van der Waals surface area contributed by atoms with E-state index < -0.39 is 12.0 Å². The Balaban J connectivity index is 2.60. The first kappa shape index (κ1) is 13.2. The number of hydrogen-bond acceptors (Lipinski definition) is 3. The van der Waals surface area contributed by atoms with Gasteiger partial charge in [0.05, 0.1) is 13.0 Å². The average Bonchev–Trinajstić information content (AvgIpc) is 2.28. The van der Waals surface area contributed by atoms with Gasteiger partial charge in [-0.25, -0.2) is 0 Å². The van der Waals surface area contributed by atoms with Crippen LogP contribution in [0.5, 0.6) is 0 Å². The van der Waals surface area contributed by atoms with Crippen LogP contribution in [0.3, 0.4) is 0 Å². The minimum atomic E-state index is -0.951. The van der Waals surface area contributed by atoms with E-state index in [4.69, 9.17) is 10.2 Å². The van der Waals surface area contributed by atoms with E-state index >= 15 is 0 Å². The fourth-order valence-corrected chi connectivity index (χ4v) is 1.38. The first-order valence-electron chi connectivity index (χ1n) is 5.25. The summed E-state index contributed by atoms with van der Waals surface area (Å²) in [6, 6.07) is 6.06. The molecule has 5 nitrogen and oxygen atoms in total. The molecule has 1 unspecified atom stereocenters. The summed E-state index contributed by atoms with van der Waals surface area (Å²) >= 11 is 0. The SMILES string of the molecule is CC(CC(=O)O)NC(=O)c1ccc(CO)cc1. The van der Waals surface area contributed by atoms with Gasteiger partial charge in [-0.3, -0.25) is 9.59 Å². The number of carbonyl (C=O) groups excluding carboxylic acids is 1. The second kappa shape index (κ2) is 6.00. The van der Waals surface area contributed by atoms with Crippen molar-refractivity contribution in [3.05, 3.63) is 35.4 Å². The highest BCUT2D eigenvalue weighted by Crippen LogP contribution is 2.05. The lowest BCUT2D eigenvalue weighted by atomic mass is 10.1. The molecule has 1 amide bonds. The summed E-state index contributed by atoms with van der Waals surface area (Å²) < 4.78 is 0. The van der Waals surface area contributed by atoms with Crippen molar-refractivity contribution in [3.63, 3.8) is 0 Å². The zero-order chi connectivity index (χ0) is 12.8. The maximum absolute atomic E-state index is 11.7. The van der Waals surface area contributed by atoms with Crippen LogP contribution < -0.4 is 5.32 Å². The molecule has 0 saturated heterocycles. The van der Waals surface area contributed by atoms with Crippen LogP contribution >= 0.6 is 0 Å². The molecule has 0 heterocycles. The van der Waals surface area contributed by atoms with Crippen LogP contribution in [0, 0.1) is 0 Å². The van der Waals surface area contributed by atoms with E-state index in [0.717, 1.165) is 5.56 Å². The van der Waals surface area contributed by atoms with E-state index in [1.807, 2.05) is 0 Å². The van der Waals surface area contributed by atoms with E-state index in [0.29, 0.717) is 5.56 Å². The minimum absolute atomic E-state index is 0.0721. The van der Waals surface area contributed by atoms with Crippen LogP contribution in [0.2, 0.25) is 0 Å². The van der Waals surface area contributed by atoms with E-state index in [1.165, 1.54) is 0 Å². The molecule has 5 heteroatoms. The fourth-order valence-electron chi connectivity index (χ4n) is 1.38. The first-order valence-corrected chi connectivity index (χ1v) is 5.25. The number of benzene rings is 1. The molecule has 0 aliphatic rings. The molecule has 0 aliphatic heterocycles. The van der Waals surface area contributed by atoms with Gasteiger partial charge >= 0.3 is 5.97 Å². The van der Waals surface area contributed by atoms with Gasteiger partial charge in [-0.15, -0.1) is 0 Å². The quantitative estimate of drug-likeness (QED) is 0.706. The third kappa shape index (κ3) is 4.24. The van der Waals surface area contributed by atoms with Crippen LogP contribution in [0.15, 0.2) is 24.3 Å². The number of carboxylic acid groups (broad SMARTS) is 1. The molecule has 3 N–H and O–H groups in total. The molecule has 1 rings (SSSR count). The smallest absolute Gasteiger partial charge is 0.305 e. The number of aliphatic carboxylic acids is 1. The van der Waals surface area contributed by atoms with Gasteiger partial charge in [0, 0.05) is 11.6 Å². The molecular weight excluding hydrogens is 222 g/mol. The van der Waals surface area contributed by atoms with Gasteiger partial charge in [0.2, 0.25) is 0 Å². The molecule has 1 aromatic rings. The number of rotatable bonds is 5. The highest BCUT2D eigenvalue weighted by atomic mass is 16.4. The minimum Gasteiger partial charge on any atom is -0.481 e. The Bertz CT molecular complexity index is 399. The van der Waals surface area contributed by atoms with Crippen molar-refractivity contribution in [1.82, 2.24) is 5.32 Å². The second-order valence-electron chi connectivity index (χ2n) is 3.83. The Morgan fingerprint density at radius 3 is 2.35 bits per heavy atom. The van der Waals surface area contributed by atoms with Crippen LogP contribution in [0.1, 0.15) is 29.3 Å². The van der Waals surface area contributed by atoms with E-state index in [2.05, 4.69) is 5.32 Å². The third-order valence-corrected chi connectivity index (χ3v) is 2.26. The normalized spacial score (nSPS) is 11.9. The highest BCUT2D eigenvalue weighted by Gasteiger charge is 2.12. The third-order valence-electron chi connectivity index (χ3n) is 2.26. The van der Waals surface area contributed by atoms with Crippen molar-refractivity contribution in [2.45, 2.75) is 26.0 Å². The second-order valence-corrected chi connectivity index (χ2v) is 3.83. The lowest BCUT2D eigenvalue weighted by Crippen LogP contribution is -2.34. The van der Waals surface area contributed by atoms with Crippen LogP contribution in [-0.4, -0.2) is 28.1 Å². The van der Waals surface area contributed by atoms with Gasteiger partial charge < -0.3 is 15.5 Å². The van der Waals surface area contributed by atoms with Crippen LogP contribution in [0.4, 0.5) is 0 Å². The zero-order valence-electron chi connectivity index (χ0n) is 9.51. The Labute approximate surface area is 99.1 Å². The molecule has 0 radical (unpaired) electrons. The molecule has 1 aromatic carbocycles. The molecule has 0 bridgehead atoms. The lowest BCUT2D eigenvalue weighted by molar-refractivity contribution is -0.137. The maximum Gasteiger partial charge on any atom is 0.305 e. The van der Waals surface area contributed by atoms with Crippen molar-refractivity contribution in [2.24, 2.45) is 0 Å². The number of hydrogen-bond donors (Lipinski definition) is 3. The predicted octanol–water partition coefficient (Wildman–Crippen LogP) is 0.772. The average molecular weight is 237 g/mol. The Kier molecular flexibility index (Phi) is 4.66. The molecule has 0 saturated carbocycles. The molecular formula is C12H15NO4. The van der Waals surface area contributed by atoms with Crippen LogP contribution in [-0.2, 0) is 11.4 Å². The summed E-state index contributed by atoms with van der Waals surface area (Å²) in [5.74, 6) is -1.27. The van der Waals surface area contributed by atoms with E-state index in [1.54, 1.807) is 31.2 Å². The van der Waals surface area contributed by atoms with Crippen molar-refractivity contribution in [2.75, 3.05) is 0 Å². The number of carbonyl (C=O) groups is 2. The summed E-state index contributed by atoms with van der Waals surface area (Å²) in [6.45, 7) is 1.56. The van der Waals surface area contributed by atoms with Crippen molar-refractivity contribution < 1.29 is 19.8 Å². The van der Waals surface area contributed by atoms with Gasteiger partial charge in [0.25, 0.3) is 5.91 Å². The molecule has 1 atom stereocenters. The fraction of sp³-hybridized carbons (Fsp3) is 0.333. The number of amides is 1. The topological polar surface area (TPSA) is 86.6 Å². The van der Waals surface area contributed by atoms with Gasteiger partial charge in [0.15, 0.2) is 0 Å². The molecule has 92 valence electrons. The van der Waals surface area contributed by atoms with Gasteiger partial charge in [-0.2, -0.15) is 0 Å². The van der Waals surface area contributed by atoms with E-state index in [-0.39, 0.29) is 18.9 Å². The monoisotopic (exact) mass is 237 g/mol.